The summed E-state index contributed by atoms with van der Waals surface area (Å²) in [6, 6.07) is 11.7. The van der Waals surface area contributed by atoms with E-state index in [2.05, 4.69) is 0 Å². The van der Waals surface area contributed by atoms with Gasteiger partial charge in [-0.25, -0.2) is 13.6 Å². The summed E-state index contributed by atoms with van der Waals surface area (Å²) in [6.07, 6.45) is 0. The van der Waals surface area contributed by atoms with Crippen LogP contribution in [0.1, 0.15) is 23.1 Å². The SMILES string of the molecule is COc1ccc(Cl)c(/C(O)=C2/C(=O)C(=O)N(c3ccc(S(N)(=O)=O)cc3)C2c2ccc(C)o2)c1. The van der Waals surface area contributed by atoms with Gasteiger partial charge in [0.2, 0.25) is 10.0 Å². The fourth-order valence-electron chi connectivity index (χ4n) is 3.72. The van der Waals surface area contributed by atoms with Gasteiger partial charge in [-0.2, -0.15) is 0 Å². The normalized spacial score (nSPS) is 17.9. The van der Waals surface area contributed by atoms with Gasteiger partial charge in [-0.1, -0.05) is 11.6 Å². The van der Waals surface area contributed by atoms with Gasteiger partial charge in [-0.3, -0.25) is 14.5 Å². The molecule has 2 aromatic carbocycles. The van der Waals surface area contributed by atoms with Gasteiger partial charge in [-0.05, 0) is 61.5 Å². The van der Waals surface area contributed by atoms with Crippen LogP contribution in [0.15, 0.2) is 69.5 Å². The first kappa shape index (κ1) is 23.6. The van der Waals surface area contributed by atoms with E-state index in [-0.39, 0.29) is 32.5 Å². The number of aryl methyl sites for hydroxylation is 1. The van der Waals surface area contributed by atoms with E-state index < -0.39 is 33.5 Å². The summed E-state index contributed by atoms with van der Waals surface area (Å²) >= 11 is 6.27. The van der Waals surface area contributed by atoms with Gasteiger partial charge in [0, 0.05) is 11.3 Å². The van der Waals surface area contributed by atoms with Gasteiger partial charge in [0.15, 0.2) is 0 Å². The molecule has 1 aromatic heterocycles. The number of halogens is 1. The Morgan fingerprint density at radius 3 is 2.35 bits per heavy atom. The average molecular weight is 503 g/mol. The number of hydrogen-bond acceptors (Lipinski definition) is 7. The number of nitrogens with two attached hydrogens (primary N) is 1. The number of carbonyl (C=O) groups is 2. The summed E-state index contributed by atoms with van der Waals surface area (Å²) in [4.78, 5) is 27.2. The van der Waals surface area contributed by atoms with Crippen LogP contribution in [-0.4, -0.2) is 32.3 Å². The number of aliphatic hydroxyl groups is 1. The summed E-state index contributed by atoms with van der Waals surface area (Å²) in [5, 5.41) is 16.5. The van der Waals surface area contributed by atoms with Crippen LogP contribution in [0.5, 0.6) is 5.75 Å². The Morgan fingerprint density at radius 2 is 1.79 bits per heavy atom. The smallest absolute Gasteiger partial charge is 0.300 e. The average Bonchev–Trinajstić information content (AvgIpc) is 3.34. The van der Waals surface area contributed by atoms with Gasteiger partial charge < -0.3 is 14.3 Å². The number of hydrogen-bond donors (Lipinski definition) is 2. The lowest BCUT2D eigenvalue weighted by molar-refractivity contribution is -0.132. The minimum atomic E-state index is -3.97. The number of Topliss-reactive ketones (excluding diaryl/α,β-unsaturated/α-hetero) is 1. The Labute approximate surface area is 200 Å². The molecule has 34 heavy (non-hydrogen) atoms. The second-order valence-corrected chi connectivity index (χ2v) is 9.47. The van der Waals surface area contributed by atoms with Gasteiger partial charge in [0.25, 0.3) is 11.7 Å². The van der Waals surface area contributed by atoms with E-state index in [4.69, 9.17) is 25.9 Å². The monoisotopic (exact) mass is 502 g/mol. The molecular weight excluding hydrogens is 484 g/mol. The molecule has 1 amide bonds. The molecule has 1 atom stereocenters. The number of aliphatic hydroxyl groups excluding tert-OH is 1. The number of furan rings is 1. The molecule has 1 unspecified atom stereocenters. The van der Waals surface area contributed by atoms with Crippen LogP contribution >= 0.6 is 11.6 Å². The van der Waals surface area contributed by atoms with Gasteiger partial charge in [0.1, 0.15) is 29.1 Å². The highest BCUT2D eigenvalue weighted by Gasteiger charge is 2.48. The molecule has 1 saturated heterocycles. The third-order valence-electron chi connectivity index (χ3n) is 5.35. The zero-order chi connectivity index (χ0) is 24.8. The first-order valence-electron chi connectivity index (χ1n) is 9.87. The van der Waals surface area contributed by atoms with E-state index >= 15 is 0 Å². The Morgan fingerprint density at radius 1 is 1.12 bits per heavy atom. The van der Waals surface area contributed by atoms with Gasteiger partial charge >= 0.3 is 0 Å². The van der Waals surface area contributed by atoms with Crippen LogP contribution < -0.4 is 14.8 Å². The minimum absolute atomic E-state index is 0.0943. The van der Waals surface area contributed by atoms with Crippen LogP contribution in [-0.2, 0) is 19.6 Å². The number of methoxy groups -OCH3 is 1. The van der Waals surface area contributed by atoms with Crippen molar-refractivity contribution in [1.82, 2.24) is 0 Å². The Bertz CT molecular complexity index is 1440. The maximum Gasteiger partial charge on any atom is 0.300 e. The fraction of sp³-hybridized carbons (Fsp3) is 0.130. The lowest BCUT2D eigenvalue weighted by Gasteiger charge is -2.23. The summed E-state index contributed by atoms with van der Waals surface area (Å²) in [5.41, 5.74) is 0.0474. The predicted molar refractivity (Wildman–Crippen MR) is 124 cm³/mol. The zero-order valence-corrected chi connectivity index (χ0v) is 19.6. The minimum Gasteiger partial charge on any atom is -0.507 e. The Hall–Kier alpha value is -3.60. The molecule has 1 fully saturated rings. The van der Waals surface area contributed by atoms with Crippen molar-refractivity contribution in [2.24, 2.45) is 5.14 Å². The van der Waals surface area contributed by atoms with Crippen molar-refractivity contribution < 1.29 is 32.3 Å². The molecule has 0 saturated carbocycles. The number of primary sulfonamides is 1. The number of rotatable bonds is 5. The zero-order valence-electron chi connectivity index (χ0n) is 18.0. The first-order valence-corrected chi connectivity index (χ1v) is 11.8. The quantitative estimate of drug-likeness (QED) is 0.309. The van der Waals surface area contributed by atoms with Crippen molar-refractivity contribution in [3.8, 4) is 5.75 Å². The summed E-state index contributed by atoms with van der Waals surface area (Å²) in [6.45, 7) is 1.69. The molecule has 2 heterocycles. The number of amides is 1. The second-order valence-electron chi connectivity index (χ2n) is 7.50. The number of sulfonamides is 1. The highest BCUT2D eigenvalue weighted by Crippen LogP contribution is 2.43. The number of nitrogens with zero attached hydrogens (tertiary/aromatic N) is 1. The van der Waals surface area contributed by atoms with Crippen molar-refractivity contribution in [1.29, 1.82) is 0 Å². The van der Waals surface area contributed by atoms with Crippen LogP contribution in [0, 0.1) is 6.92 Å². The number of anilines is 1. The molecule has 0 radical (unpaired) electrons. The number of benzene rings is 2. The Balaban J connectivity index is 1.93. The van der Waals surface area contributed by atoms with Crippen molar-refractivity contribution in [2.45, 2.75) is 17.9 Å². The number of ketones is 1. The Kier molecular flexibility index (Phi) is 5.98. The summed E-state index contributed by atoms with van der Waals surface area (Å²) in [5.74, 6) is -1.31. The van der Waals surface area contributed by atoms with Crippen LogP contribution in [0.4, 0.5) is 5.69 Å². The van der Waals surface area contributed by atoms with Crippen molar-refractivity contribution in [3.05, 3.63) is 82.3 Å². The highest BCUT2D eigenvalue weighted by atomic mass is 35.5. The summed E-state index contributed by atoms with van der Waals surface area (Å²) in [7, 11) is -2.53. The lowest BCUT2D eigenvalue weighted by atomic mass is 9.99. The van der Waals surface area contributed by atoms with Crippen LogP contribution in [0.25, 0.3) is 5.76 Å². The molecule has 4 rings (SSSR count). The maximum absolute atomic E-state index is 13.1. The van der Waals surface area contributed by atoms with E-state index in [0.29, 0.717) is 11.5 Å². The molecule has 176 valence electrons. The number of ether oxygens (including phenoxy) is 1. The molecule has 11 heteroatoms. The fourth-order valence-corrected chi connectivity index (χ4v) is 4.45. The van der Waals surface area contributed by atoms with Crippen molar-refractivity contribution in [2.75, 3.05) is 12.0 Å². The molecular formula is C23H19ClN2O7S. The molecule has 1 aliphatic rings. The van der Waals surface area contributed by atoms with Crippen molar-refractivity contribution >= 4 is 44.8 Å². The third kappa shape index (κ3) is 4.07. The molecule has 3 aromatic rings. The molecule has 0 bridgehead atoms. The summed E-state index contributed by atoms with van der Waals surface area (Å²) < 4.78 is 34.1. The van der Waals surface area contributed by atoms with Gasteiger partial charge in [0.05, 0.1) is 22.6 Å². The topological polar surface area (TPSA) is 140 Å². The molecule has 0 spiro atoms. The van der Waals surface area contributed by atoms with Crippen LogP contribution in [0.2, 0.25) is 5.02 Å². The molecule has 9 nitrogen and oxygen atoms in total. The largest absolute Gasteiger partial charge is 0.507 e. The number of carbonyl (C=O) groups excluding carboxylic acids is 2. The first-order chi connectivity index (χ1) is 16.0. The van der Waals surface area contributed by atoms with E-state index in [0.717, 1.165) is 4.90 Å². The van der Waals surface area contributed by atoms with Crippen molar-refractivity contribution in [3.63, 3.8) is 0 Å². The lowest BCUT2D eigenvalue weighted by Crippen LogP contribution is -2.29. The molecule has 0 aliphatic carbocycles. The van der Waals surface area contributed by atoms with Crippen LogP contribution in [0.3, 0.4) is 0 Å². The van der Waals surface area contributed by atoms with Gasteiger partial charge in [-0.15, -0.1) is 0 Å². The van der Waals surface area contributed by atoms with E-state index in [9.17, 15) is 23.1 Å². The standard InChI is InChI=1S/C23H19ClN2O7S/c1-12-3-10-18(33-12)20-19(21(27)16-11-14(32-2)6-9-17(16)24)22(28)23(29)26(20)13-4-7-15(8-5-13)34(25,30)31/h3-11,20,27H,1-2H3,(H2,25,30,31)/b21-19-. The molecule has 3 N–H and O–H groups in total. The maximum atomic E-state index is 13.1. The molecule has 1 aliphatic heterocycles. The third-order valence-corrected chi connectivity index (χ3v) is 6.61. The predicted octanol–water partition coefficient (Wildman–Crippen LogP) is 3.52. The van der Waals surface area contributed by atoms with E-state index in [1.807, 2.05) is 0 Å². The highest BCUT2D eigenvalue weighted by molar-refractivity contribution is 7.89. The van der Waals surface area contributed by atoms with E-state index in [1.54, 1.807) is 25.1 Å². The van der Waals surface area contributed by atoms with E-state index in [1.165, 1.54) is 43.5 Å². The second kappa shape index (κ2) is 8.64.